The first-order chi connectivity index (χ1) is 9.32. The molecule has 0 spiro atoms. The molecule has 0 heterocycles. The number of aliphatic hydroxyl groups is 1. The second-order valence-corrected chi connectivity index (χ2v) is 6.10. The van der Waals surface area contributed by atoms with Crippen LogP contribution in [0.15, 0.2) is 28.7 Å². The lowest BCUT2D eigenvalue weighted by Crippen LogP contribution is -2.07. The maximum Gasteiger partial charge on any atom is 0.137 e. The minimum absolute atomic E-state index is 0.324. The molecule has 20 heavy (non-hydrogen) atoms. The van der Waals surface area contributed by atoms with Gasteiger partial charge in [-0.05, 0) is 89.1 Å². The Labute approximate surface area is 127 Å². The summed E-state index contributed by atoms with van der Waals surface area (Å²) in [4.78, 5) is 0. The Morgan fingerprint density at radius 1 is 1.00 bits per heavy atom. The molecule has 106 valence electrons. The molecule has 2 rings (SSSR count). The van der Waals surface area contributed by atoms with Gasteiger partial charge in [-0.25, -0.2) is 4.39 Å². The highest BCUT2D eigenvalue weighted by atomic mass is 79.9. The van der Waals surface area contributed by atoms with Crippen LogP contribution in [0.4, 0.5) is 4.39 Å². The smallest absolute Gasteiger partial charge is 0.137 e. The molecule has 0 aliphatic rings. The molecule has 2 aromatic carbocycles. The van der Waals surface area contributed by atoms with Crippen LogP contribution < -0.4 is 0 Å². The first-order valence-electron chi connectivity index (χ1n) is 6.53. The summed E-state index contributed by atoms with van der Waals surface area (Å²) in [7, 11) is 0. The molecule has 0 saturated heterocycles. The van der Waals surface area contributed by atoms with Gasteiger partial charge in [0.05, 0.1) is 4.47 Å². The van der Waals surface area contributed by atoms with E-state index in [2.05, 4.69) is 22.0 Å². The quantitative estimate of drug-likeness (QED) is 0.826. The van der Waals surface area contributed by atoms with Gasteiger partial charge >= 0.3 is 0 Å². The van der Waals surface area contributed by atoms with Crippen molar-refractivity contribution in [2.75, 3.05) is 0 Å². The van der Waals surface area contributed by atoms with Crippen LogP contribution in [0.3, 0.4) is 0 Å². The lowest BCUT2D eigenvalue weighted by Gasteiger charge is -2.20. The molecule has 0 saturated carbocycles. The van der Waals surface area contributed by atoms with Crippen LogP contribution in [0.25, 0.3) is 0 Å². The Kier molecular flexibility index (Phi) is 4.31. The maximum atomic E-state index is 13.3. The molecular weight excluding hydrogens is 319 g/mol. The van der Waals surface area contributed by atoms with Gasteiger partial charge in [0.25, 0.3) is 0 Å². The highest BCUT2D eigenvalue weighted by molar-refractivity contribution is 9.10. The Morgan fingerprint density at radius 2 is 1.55 bits per heavy atom. The molecule has 0 aromatic heterocycles. The molecule has 0 aliphatic heterocycles. The summed E-state index contributed by atoms with van der Waals surface area (Å²) in [6.07, 6.45) is -0.745. The van der Waals surface area contributed by atoms with Crippen molar-refractivity contribution in [2.24, 2.45) is 0 Å². The van der Waals surface area contributed by atoms with Gasteiger partial charge in [-0.1, -0.05) is 12.1 Å². The van der Waals surface area contributed by atoms with Crippen molar-refractivity contribution >= 4 is 15.9 Å². The molecule has 0 aliphatic carbocycles. The average molecular weight is 337 g/mol. The number of benzene rings is 2. The normalized spacial score (nSPS) is 12.6. The minimum atomic E-state index is -0.745. The molecule has 3 heteroatoms. The fourth-order valence-corrected chi connectivity index (χ4v) is 2.90. The van der Waals surface area contributed by atoms with Crippen molar-refractivity contribution in [3.63, 3.8) is 0 Å². The Balaban J connectivity index is 2.58. The predicted molar refractivity (Wildman–Crippen MR) is 83.6 cm³/mol. The third kappa shape index (κ3) is 2.65. The van der Waals surface area contributed by atoms with Gasteiger partial charge < -0.3 is 5.11 Å². The third-order valence-corrected chi connectivity index (χ3v) is 4.56. The van der Waals surface area contributed by atoms with Crippen LogP contribution in [0.2, 0.25) is 0 Å². The van der Waals surface area contributed by atoms with E-state index in [0.717, 1.165) is 27.8 Å². The van der Waals surface area contributed by atoms with Crippen LogP contribution in [0, 0.1) is 33.5 Å². The van der Waals surface area contributed by atoms with E-state index >= 15 is 0 Å². The first-order valence-corrected chi connectivity index (χ1v) is 7.32. The van der Waals surface area contributed by atoms with Crippen molar-refractivity contribution < 1.29 is 9.50 Å². The van der Waals surface area contributed by atoms with Crippen LogP contribution in [0.5, 0.6) is 0 Å². The molecule has 1 nitrogen and oxygen atoms in total. The van der Waals surface area contributed by atoms with Gasteiger partial charge in [-0.15, -0.1) is 0 Å². The van der Waals surface area contributed by atoms with E-state index in [4.69, 9.17) is 0 Å². The van der Waals surface area contributed by atoms with Crippen molar-refractivity contribution in [1.82, 2.24) is 0 Å². The summed E-state index contributed by atoms with van der Waals surface area (Å²) in [6.45, 7) is 8.11. The predicted octanol–water partition coefficient (Wildman–Crippen LogP) is 4.90. The fourth-order valence-electron chi connectivity index (χ4n) is 2.51. The van der Waals surface area contributed by atoms with Gasteiger partial charge in [-0.2, -0.15) is 0 Å². The standard InChI is InChI=1S/C17H18BrFO/c1-9-7-10(2)12(4)16(11(9)3)17(20)13-5-6-15(19)14(18)8-13/h5-8,17,20H,1-4H3. The van der Waals surface area contributed by atoms with Gasteiger partial charge in [0.1, 0.15) is 11.9 Å². The van der Waals surface area contributed by atoms with Crippen molar-refractivity contribution in [1.29, 1.82) is 0 Å². The molecule has 1 unspecified atom stereocenters. The highest BCUT2D eigenvalue weighted by Crippen LogP contribution is 2.32. The van der Waals surface area contributed by atoms with E-state index < -0.39 is 6.10 Å². The number of rotatable bonds is 2. The summed E-state index contributed by atoms with van der Waals surface area (Å²) >= 11 is 3.17. The van der Waals surface area contributed by atoms with Gasteiger partial charge in [-0.3, -0.25) is 0 Å². The molecule has 0 radical (unpaired) electrons. The molecule has 0 amide bonds. The number of hydrogen-bond acceptors (Lipinski definition) is 1. The topological polar surface area (TPSA) is 20.2 Å². The second-order valence-electron chi connectivity index (χ2n) is 5.25. The van der Waals surface area contributed by atoms with Gasteiger partial charge in [0.15, 0.2) is 0 Å². The third-order valence-electron chi connectivity index (χ3n) is 3.96. The van der Waals surface area contributed by atoms with E-state index in [1.54, 1.807) is 12.1 Å². The molecule has 2 aromatic rings. The molecule has 1 atom stereocenters. The second kappa shape index (κ2) is 5.66. The number of aliphatic hydroxyl groups excluding tert-OH is 1. The highest BCUT2D eigenvalue weighted by Gasteiger charge is 2.19. The van der Waals surface area contributed by atoms with Crippen LogP contribution in [0.1, 0.15) is 39.5 Å². The van der Waals surface area contributed by atoms with Crippen LogP contribution >= 0.6 is 15.9 Å². The number of halogens is 2. The SMILES string of the molecule is Cc1cc(C)c(C)c(C(O)c2ccc(F)c(Br)c2)c1C. The zero-order valence-electron chi connectivity index (χ0n) is 12.1. The van der Waals surface area contributed by atoms with Crippen molar-refractivity contribution in [3.05, 3.63) is 67.9 Å². The summed E-state index contributed by atoms with van der Waals surface area (Å²) in [5, 5.41) is 10.7. The largest absolute Gasteiger partial charge is 0.384 e. The number of aryl methyl sites for hydroxylation is 2. The van der Waals surface area contributed by atoms with E-state index in [1.807, 2.05) is 27.7 Å². The van der Waals surface area contributed by atoms with Crippen molar-refractivity contribution in [3.8, 4) is 0 Å². The Hall–Kier alpha value is -1.19. The monoisotopic (exact) mass is 336 g/mol. The summed E-state index contributed by atoms with van der Waals surface area (Å²) in [5.41, 5.74) is 6.09. The van der Waals surface area contributed by atoms with Crippen LogP contribution in [-0.2, 0) is 0 Å². The van der Waals surface area contributed by atoms with Crippen LogP contribution in [-0.4, -0.2) is 5.11 Å². The Morgan fingerprint density at radius 3 is 2.05 bits per heavy atom. The molecular formula is C17H18BrFO. The zero-order valence-corrected chi connectivity index (χ0v) is 13.7. The van der Waals surface area contributed by atoms with E-state index in [0.29, 0.717) is 10.0 Å². The summed E-state index contributed by atoms with van der Waals surface area (Å²) < 4.78 is 13.7. The summed E-state index contributed by atoms with van der Waals surface area (Å²) in [6, 6.07) is 6.76. The van der Waals surface area contributed by atoms with Gasteiger partial charge in [0, 0.05) is 0 Å². The number of hydrogen-bond donors (Lipinski definition) is 1. The lowest BCUT2D eigenvalue weighted by atomic mass is 9.88. The fraction of sp³-hybridized carbons (Fsp3) is 0.294. The molecule has 1 N–H and O–H groups in total. The van der Waals surface area contributed by atoms with Gasteiger partial charge in [0.2, 0.25) is 0 Å². The van der Waals surface area contributed by atoms with E-state index in [1.165, 1.54) is 6.07 Å². The lowest BCUT2D eigenvalue weighted by molar-refractivity contribution is 0.218. The maximum absolute atomic E-state index is 13.3. The molecule has 0 fully saturated rings. The average Bonchev–Trinajstić information content (AvgIpc) is 2.40. The van der Waals surface area contributed by atoms with E-state index in [-0.39, 0.29) is 5.82 Å². The first kappa shape index (κ1) is 15.2. The summed E-state index contributed by atoms with van der Waals surface area (Å²) in [5.74, 6) is -0.324. The Bertz CT molecular complexity index is 638. The van der Waals surface area contributed by atoms with E-state index in [9.17, 15) is 9.50 Å². The molecule has 0 bridgehead atoms. The minimum Gasteiger partial charge on any atom is -0.384 e. The van der Waals surface area contributed by atoms with Crippen molar-refractivity contribution in [2.45, 2.75) is 33.8 Å². The zero-order chi connectivity index (χ0) is 15.0.